The lowest BCUT2D eigenvalue weighted by atomic mass is 9.82. The number of nitrogens with zero attached hydrogens (tertiary/aromatic N) is 1. The van der Waals surface area contributed by atoms with Crippen molar-refractivity contribution in [3.05, 3.63) is 12.7 Å². The van der Waals surface area contributed by atoms with E-state index in [-0.39, 0.29) is 12.3 Å². The summed E-state index contributed by atoms with van der Waals surface area (Å²) >= 11 is 0. The van der Waals surface area contributed by atoms with Gasteiger partial charge in [0.25, 0.3) is 0 Å². The van der Waals surface area contributed by atoms with Crippen molar-refractivity contribution < 1.29 is 14.7 Å². The van der Waals surface area contributed by atoms with Gasteiger partial charge in [-0.1, -0.05) is 18.9 Å². The van der Waals surface area contributed by atoms with E-state index in [4.69, 9.17) is 0 Å². The van der Waals surface area contributed by atoms with Crippen molar-refractivity contribution in [1.82, 2.24) is 4.90 Å². The number of aliphatic carboxylic acids is 1. The van der Waals surface area contributed by atoms with Crippen LogP contribution in [-0.2, 0) is 9.59 Å². The molecule has 0 bridgehead atoms. The molecule has 1 amide bonds. The van der Waals surface area contributed by atoms with Gasteiger partial charge in [-0.3, -0.25) is 9.59 Å². The monoisotopic (exact) mass is 239 g/mol. The number of carbonyl (C=O) groups is 2. The van der Waals surface area contributed by atoms with E-state index in [0.717, 1.165) is 12.8 Å². The molecule has 0 aromatic carbocycles. The van der Waals surface area contributed by atoms with E-state index in [2.05, 4.69) is 6.58 Å². The van der Waals surface area contributed by atoms with Crippen molar-refractivity contribution in [2.45, 2.75) is 39.0 Å². The van der Waals surface area contributed by atoms with Crippen LogP contribution in [0.5, 0.6) is 0 Å². The highest BCUT2D eigenvalue weighted by atomic mass is 16.4. The highest BCUT2D eigenvalue weighted by Gasteiger charge is 2.43. The largest absolute Gasteiger partial charge is 0.481 e. The molecule has 0 heterocycles. The SMILES string of the molecule is C=CCN(CC)C(=O)CC1(C(=O)O)CCCC1. The third-order valence-corrected chi connectivity index (χ3v) is 3.59. The smallest absolute Gasteiger partial charge is 0.310 e. The Balaban J connectivity index is 2.70. The van der Waals surface area contributed by atoms with Gasteiger partial charge in [0, 0.05) is 19.5 Å². The molecule has 96 valence electrons. The number of carbonyl (C=O) groups excluding carboxylic acids is 1. The fourth-order valence-electron chi connectivity index (χ4n) is 2.48. The maximum atomic E-state index is 12.0. The summed E-state index contributed by atoms with van der Waals surface area (Å²) in [6.45, 7) is 6.59. The van der Waals surface area contributed by atoms with Gasteiger partial charge in [-0.15, -0.1) is 6.58 Å². The summed E-state index contributed by atoms with van der Waals surface area (Å²) in [5, 5.41) is 9.31. The van der Waals surface area contributed by atoms with Crippen molar-refractivity contribution in [3.8, 4) is 0 Å². The quantitative estimate of drug-likeness (QED) is 0.722. The predicted molar refractivity (Wildman–Crippen MR) is 65.6 cm³/mol. The molecule has 0 radical (unpaired) electrons. The van der Waals surface area contributed by atoms with E-state index in [0.29, 0.717) is 25.9 Å². The van der Waals surface area contributed by atoms with Crippen LogP contribution in [0.2, 0.25) is 0 Å². The minimum Gasteiger partial charge on any atom is -0.481 e. The van der Waals surface area contributed by atoms with Gasteiger partial charge in [-0.2, -0.15) is 0 Å². The molecule has 0 saturated heterocycles. The molecule has 0 aromatic heterocycles. The average Bonchev–Trinajstić information content (AvgIpc) is 2.75. The lowest BCUT2D eigenvalue weighted by Crippen LogP contribution is -2.38. The number of hydrogen-bond acceptors (Lipinski definition) is 2. The van der Waals surface area contributed by atoms with E-state index in [9.17, 15) is 14.7 Å². The van der Waals surface area contributed by atoms with Gasteiger partial charge in [-0.25, -0.2) is 0 Å². The van der Waals surface area contributed by atoms with Crippen LogP contribution in [0, 0.1) is 5.41 Å². The van der Waals surface area contributed by atoms with Crippen molar-refractivity contribution >= 4 is 11.9 Å². The molecule has 1 fully saturated rings. The third kappa shape index (κ3) is 3.08. The van der Waals surface area contributed by atoms with Crippen LogP contribution in [0.1, 0.15) is 39.0 Å². The number of carboxylic acid groups (broad SMARTS) is 1. The number of carboxylic acids is 1. The second-order valence-corrected chi connectivity index (χ2v) is 4.69. The molecular formula is C13H21NO3. The molecular weight excluding hydrogens is 218 g/mol. The minimum atomic E-state index is -0.821. The summed E-state index contributed by atoms with van der Waals surface area (Å²) in [6, 6.07) is 0. The second kappa shape index (κ2) is 5.84. The number of likely N-dealkylation sites (N-methyl/N-ethyl adjacent to an activating group) is 1. The molecule has 1 rings (SSSR count). The highest BCUT2D eigenvalue weighted by Crippen LogP contribution is 2.41. The molecule has 1 N–H and O–H groups in total. The van der Waals surface area contributed by atoms with E-state index >= 15 is 0 Å². The van der Waals surface area contributed by atoms with E-state index in [1.54, 1.807) is 11.0 Å². The average molecular weight is 239 g/mol. The Morgan fingerprint density at radius 2 is 2.00 bits per heavy atom. The first-order valence-corrected chi connectivity index (χ1v) is 6.18. The Bertz CT molecular complexity index is 306. The molecule has 0 unspecified atom stereocenters. The molecule has 1 saturated carbocycles. The van der Waals surface area contributed by atoms with Crippen molar-refractivity contribution in [2.75, 3.05) is 13.1 Å². The van der Waals surface area contributed by atoms with Gasteiger partial charge in [0.2, 0.25) is 5.91 Å². The Hall–Kier alpha value is -1.32. The summed E-state index contributed by atoms with van der Waals surface area (Å²) in [7, 11) is 0. The lowest BCUT2D eigenvalue weighted by Gasteiger charge is -2.27. The highest BCUT2D eigenvalue weighted by molar-refractivity contribution is 5.85. The minimum absolute atomic E-state index is 0.0725. The molecule has 0 aromatic rings. The normalized spacial score (nSPS) is 17.7. The Kier molecular flexibility index (Phi) is 4.73. The molecule has 0 atom stereocenters. The van der Waals surface area contributed by atoms with Gasteiger partial charge < -0.3 is 10.0 Å². The molecule has 4 nitrogen and oxygen atoms in total. The van der Waals surface area contributed by atoms with Crippen LogP contribution >= 0.6 is 0 Å². The number of amides is 1. The first-order valence-electron chi connectivity index (χ1n) is 6.18. The number of hydrogen-bond donors (Lipinski definition) is 1. The summed E-state index contributed by atoms with van der Waals surface area (Å²) in [4.78, 5) is 25.0. The van der Waals surface area contributed by atoms with E-state index in [1.165, 1.54) is 0 Å². The van der Waals surface area contributed by atoms with Crippen molar-refractivity contribution in [3.63, 3.8) is 0 Å². The van der Waals surface area contributed by atoms with Crippen LogP contribution < -0.4 is 0 Å². The molecule has 4 heteroatoms. The Labute approximate surface area is 102 Å². The maximum Gasteiger partial charge on any atom is 0.310 e. The standard InChI is InChI=1S/C13H21NO3/c1-3-9-14(4-2)11(15)10-13(12(16)17)7-5-6-8-13/h3H,1,4-10H2,2H3,(H,16,17). The second-order valence-electron chi connectivity index (χ2n) is 4.69. The summed E-state index contributed by atoms with van der Waals surface area (Å²) in [6.07, 6.45) is 4.87. The fraction of sp³-hybridized carbons (Fsp3) is 0.692. The fourth-order valence-corrected chi connectivity index (χ4v) is 2.48. The summed E-state index contributed by atoms with van der Waals surface area (Å²) < 4.78 is 0. The summed E-state index contributed by atoms with van der Waals surface area (Å²) in [5.41, 5.74) is -0.814. The van der Waals surface area contributed by atoms with Crippen LogP contribution in [0.3, 0.4) is 0 Å². The Morgan fingerprint density at radius 1 is 1.41 bits per heavy atom. The zero-order valence-electron chi connectivity index (χ0n) is 10.4. The van der Waals surface area contributed by atoms with Gasteiger partial charge in [-0.05, 0) is 19.8 Å². The lowest BCUT2D eigenvalue weighted by molar-refractivity contribution is -0.153. The van der Waals surface area contributed by atoms with E-state index < -0.39 is 11.4 Å². The summed E-state index contributed by atoms with van der Waals surface area (Å²) in [5.74, 6) is -0.894. The first-order chi connectivity index (χ1) is 8.05. The van der Waals surface area contributed by atoms with Crippen molar-refractivity contribution in [2.24, 2.45) is 5.41 Å². The Morgan fingerprint density at radius 3 is 2.41 bits per heavy atom. The first kappa shape index (κ1) is 13.7. The van der Waals surface area contributed by atoms with Gasteiger partial charge >= 0.3 is 5.97 Å². The van der Waals surface area contributed by atoms with Crippen molar-refractivity contribution in [1.29, 1.82) is 0 Å². The zero-order chi connectivity index (χ0) is 12.9. The van der Waals surface area contributed by atoms with Gasteiger partial charge in [0.15, 0.2) is 0 Å². The van der Waals surface area contributed by atoms with E-state index in [1.807, 2.05) is 6.92 Å². The van der Waals surface area contributed by atoms with Gasteiger partial charge in [0.05, 0.1) is 5.41 Å². The third-order valence-electron chi connectivity index (χ3n) is 3.59. The zero-order valence-corrected chi connectivity index (χ0v) is 10.4. The molecule has 0 spiro atoms. The maximum absolute atomic E-state index is 12.0. The van der Waals surface area contributed by atoms with Crippen LogP contribution in [0.4, 0.5) is 0 Å². The van der Waals surface area contributed by atoms with Crippen LogP contribution in [0.15, 0.2) is 12.7 Å². The molecule has 0 aliphatic heterocycles. The molecule has 17 heavy (non-hydrogen) atoms. The van der Waals surface area contributed by atoms with Gasteiger partial charge in [0.1, 0.15) is 0 Å². The number of rotatable bonds is 6. The van der Waals surface area contributed by atoms with Crippen LogP contribution in [0.25, 0.3) is 0 Å². The predicted octanol–water partition coefficient (Wildman–Crippen LogP) is 2.06. The molecule has 1 aliphatic carbocycles. The topological polar surface area (TPSA) is 57.6 Å². The molecule has 1 aliphatic rings. The van der Waals surface area contributed by atoms with Crippen LogP contribution in [-0.4, -0.2) is 35.0 Å².